The molecule has 0 bridgehead atoms. The van der Waals surface area contributed by atoms with Crippen LogP contribution < -0.4 is 20.7 Å². The first-order chi connectivity index (χ1) is 16.9. The Kier molecular flexibility index (Phi) is 6.12. The van der Waals surface area contributed by atoms with Crippen LogP contribution in [0.2, 0.25) is 5.02 Å². The topological polar surface area (TPSA) is 95.3 Å². The minimum absolute atomic E-state index is 0.286. The molecular weight excluding hydrogens is 469 g/mol. The second-order valence-electron chi connectivity index (χ2n) is 8.84. The molecule has 0 aliphatic carbocycles. The molecule has 35 heavy (non-hydrogen) atoms. The number of hydrogen-bond acceptors (Lipinski definition) is 7. The van der Waals surface area contributed by atoms with Gasteiger partial charge in [0.2, 0.25) is 5.95 Å². The van der Waals surface area contributed by atoms with E-state index in [9.17, 15) is 4.39 Å². The number of ether oxygens (including phenoxy) is 1. The summed E-state index contributed by atoms with van der Waals surface area (Å²) in [5, 5.41) is 3.92. The molecule has 2 aromatic heterocycles. The summed E-state index contributed by atoms with van der Waals surface area (Å²) in [6.07, 6.45) is 4.25. The van der Waals surface area contributed by atoms with E-state index in [-0.39, 0.29) is 11.8 Å². The van der Waals surface area contributed by atoms with Gasteiger partial charge in [-0.15, -0.1) is 0 Å². The lowest BCUT2D eigenvalue weighted by molar-refractivity contribution is 0.315. The van der Waals surface area contributed by atoms with E-state index in [4.69, 9.17) is 22.1 Å². The van der Waals surface area contributed by atoms with E-state index >= 15 is 0 Å². The minimum atomic E-state index is -0.355. The zero-order valence-corrected chi connectivity index (χ0v) is 20.5. The van der Waals surface area contributed by atoms with Crippen molar-refractivity contribution >= 4 is 45.5 Å². The van der Waals surface area contributed by atoms with Gasteiger partial charge in [0.05, 0.1) is 41.1 Å². The third-order valence-corrected chi connectivity index (χ3v) is 6.76. The molecule has 4 aromatic rings. The molecule has 1 fully saturated rings. The van der Waals surface area contributed by atoms with Crippen LogP contribution in [0.25, 0.3) is 22.2 Å². The van der Waals surface area contributed by atoms with Crippen LogP contribution in [0.1, 0.15) is 6.42 Å². The van der Waals surface area contributed by atoms with E-state index in [0.717, 1.165) is 25.2 Å². The molecule has 10 heteroatoms. The first kappa shape index (κ1) is 23.2. The molecule has 5 rings (SSSR count). The van der Waals surface area contributed by atoms with Gasteiger partial charge in [0, 0.05) is 47.9 Å². The Labute approximate surface area is 207 Å². The van der Waals surface area contributed by atoms with E-state index in [2.05, 4.69) is 44.2 Å². The number of likely N-dealkylation sites (N-methyl/N-ethyl adjacent to an activating group) is 1. The summed E-state index contributed by atoms with van der Waals surface area (Å²) in [7, 11) is 5.79. The van der Waals surface area contributed by atoms with Gasteiger partial charge in [-0.05, 0) is 38.7 Å². The van der Waals surface area contributed by atoms with Gasteiger partial charge in [-0.3, -0.25) is 0 Å². The molecule has 2 aromatic carbocycles. The fourth-order valence-electron chi connectivity index (χ4n) is 4.57. The summed E-state index contributed by atoms with van der Waals surface area (Å²) in [6, 6.07) is 9.09. The van der Waals surface area contributed by atoms with E-state index in [1.165, 1.54) is 12.3 Å². The number of nitrogens with zero attached hydrogens (tertiary/aromatic N) is 4. The summed E-state index contributed by atoms with van der Waals surface area (Å²) < 4.78 is 20.2. The highest BCUT2D eigenvalue weighted by atomic mass is 35.5. The van der Waals surface area contributed by atoms with Crippen molar-refractivity contribution in [2.75, 3.05) is 50.2 Å². The molecule has 3 heterocycles. The van der Waals surface area contributed by atoms with Gasteiger partial charge < -0.3 is 30.6 Å². The van der Waals surface area contributed by atoms with Gasteiger partial charge in [0.15, 0.2) is 0 Å². The second kappa shape index (κ2) is 9.24. The quantitative estimate of drug-likeness (QED) is 0.328. The summed E-state index contributed by atoms with van der Waals surface area (Å²) in [4.78, 5) is 16.5. The van der Waals surface area contributed by atoms with Crippen molar-refractivity contribution in [3.8, 4) is 17.0 Å². The van der Waals surface area contributed by atoms with Gasteiger partial charge >= 0.3 is 0 Å². The number of methoxy groups -OCH3 is 1. The molecule has 8 nitrogen and oxygen atoms in total. The molecule has 182 valence electrons. The lowest BCUT2D eigenvalue weighted by atomic mass is 10.1. The van der Waals surface area contributed by atoms with Crippen molar-refractivity contribution in [3.05, 3.63) is 53.6 Å². The van der Waals surface area contributed by atoms with Crippen LogP contribution in [0.5, 0.6) is 5.75 Å². The van der Waals surface area contributed by atoms with E-state index in [1.807, 2.05) is 12.1 Å². The van der Waals surface area contributed by atoms with Crippen molar-refractivity contribution in [1.29, 1.82) is 0 Å². The van der Waals surface area contributed by atoms with Gasteiger partial charge in [-0.25, -0.2) is 14.4 Å². The molecule has 0 radical (unpaired) electrons. The van der Waals surface area contributed by atoms with Gasteiger partial charge in [0.1, 0.15) is 11.6 Å². The van der Waals surface area contributed by atoms with Crippen LogP contribution in [-0.4, -0.2) is 60.2 Å². The van der Waals surface area contributed by atoms with E-state index < -0.39 is 0 Å². The number of H-pyrrole nitrogens is 1. The third kappa shape index (κ3) is 4.33. The Hall–Kier alpha value is -3.56. The van der Waals surface area contributed by atoms with Crippen LogP contribution in [0.15, 0.2) is 42.7 Å². The van der Waals surface area contributed by atoms with Crippen LogP contribution in [-0.2, 0) is 0 Å². The number of nitrogens with two attached hydrogens (primary N) is 1. The second-order valence-corrected chi connectivity index (χ2v) is 9.25. The number of aromatic amines is 1. The number of fused-ring (bicyclic) bond motifs is 1. The van der Waals surface area contributed by atoms with Crippen LogP contribution >= 0.6 is 11.6 Å². The maximum atomic E-state index is 14.6. The largest absolute Gasteiger partial charge is 0.494 e. The van der Waals surface area contributed by atoms with Crippen molar-refractivity contribution in [2.45, 2.75) is 12.5 Å². The van der Waals surface area contributed by atoms with Crippen LogP contribution in [0.3, 0.4) is 0 Å². The number of benzene rings is 2. The number of nitrogen functional groups attached to an aromatic ring is 1. The number of hydrogen-bond donors (Lipinski definition) is 3. The van der Waals surface area contributed by atoms with Gasteiger partial charge in [-0.1, -0.05) is 17.7 Å². The van der Waals surface area contributed by atoms with Crippen LogP contribution in [0, 0.1) is 5.82 Å². The summed E-state index contributed by atoms with van der Waals surface area (Å²) in [5.74, 6) is 0.543. The first-order valence-electron chi connectivity index (χ1n) is 11.3. The molecule has 1 saturated heterocycles. The summed E-state index contributed by atoms with van der Waals surface area (Å²) in [6.45, 7) is 1.83. The summed E-state index contributed by atoms with van der Waals surface area (Å²) in [5.41, 5.74) is 10.3. The van der Waals surface area contributed by atoms with Crippen molar-refractivity contribution < 1.29 is 9.13 Å². The van der Waals surface area contributed by atoms with Crippen molar-refractivity contribution in [2.24, 2.45) is 0 Å². The standard InChI is InChI=1S/C25H27ClFN7O/c1-33(2)14-7-8-34(13-14)21-10-22(35-3)20(9-18(21)28)31-25-30-12-16(26)24(32-25)15-11-29-19-6-4-5-17(27)23(15)19/h4-6,9-12,14,29H,7-8,13,28H2,1-3H3,(H,30,31,32). The predicted octanol–water partition coefficient (Wildman–Crippen LogP) is 4.89. The number of rotatable bonds is 6. The predicted molar refractivity (Wildman–Crippen MR) is 139 cm³/mol. The Morgan fingerprint density at radius 2 is 2.14 bits per heavy atom. The van der Waals surface area contributed by atoms with Gasteiger partial charge in [0.25, 0.3) is 0 Å². The van der Waals surface area contributed by atoms with Gasteiger partial charge in [-0.2, -0.15) is 0 Å². The fourth-order valence-corrected chi connectivity index (χ4v) is 4.76. The lowest BCUT2D eigenvalue weighted by Gasteiger charge is -2.24. The monoisotopic (exact) mass is 495 g/mol. The number of aromatic nitrogens is 3. The maximum Gasteiger partial charge on any atom is 0.227 e. The average molecular weight is 496 g/mol. The lowest BCUT2D eigenvalue weighted by Crippen LogP contribution is -2.31. The molecule has 1 aliphatic rings. The first-order valence-corrected chi connectivity index (χ1v) is 11.7. The highest BCUT2D eigenvalue weighted by molar-refractivity contribution is 6.33. The third-order valence-electron chi connectivity index (χ3n) is 6.48. The van der Waals surface area contributed by atoms with Crippen molar-refractivity contribution in [1.82, 2.24) is 19.9 Å². The van der Waals surface area contributed by atoms with Crippen LogP contribution in [0.4, 0.5) is 27.4 Å². The van der Waals surface area contributed by atoms with E-state index in [0.29, 0.717) is 50.3 Å². The SMILES string of the molecule is COc1cc(N2CCC(N(C)C)C2)c(N)cc1Nc1ncc(Cl)c(-c2c[nH]c3cccc(F)c23)n1. The molecule has 1 atom stereocenters. The molecule has 1 unspecified atom stereocenters. The highest BCUT2D eigenvalue weighted by Crippen LogP contribution is 2.39. The van der Waals surface area contributed by atoms with E-state index in [1.54, 1.807) is 25.4 Å². The molecule has 1 aliphatic heterocycles. The zero-order valence-electron chi connectivity index (χ0n) is 19.8. The number of anilines is 4. The summed E-state index contributed by atoms with van der Waals surface area (Å²) >= 11 is 6.41. The Balaban J connectivity index is 1.47. The Morgan fingerprint density at radius 3 is 2.89 bits per heavy atom. The smallest absolute Gasteiger partial charge is 0.227 e. The maximum absolute atomic E-state index is 14.6. The fraction of sp³-hybridized carbons (Fsp3) is 0.280. The zero-order chi connectivity index (χ0) is 24.7. The normalized spacial score (nSPS) is 15.8. The number of halogens is 2. The molecule has 0 amide bonds. The molecular formula is C25H27ClFN7O. The van der Waals surface area contributed by atoms with Crippen molar-refractivity contribution in [3.63, 3.8) is 0 Å². The number of nitrogens with one attached hydrogen (secondary N) is 2. The molecule has 4 N–H and O–H groups in total. The average Bonchev–Trinajstić information content (AvgIpc) is 3.49. The Morgan fingerprint density at radius 1 is 1.31 bits per heavy atom. The minimum Gasteiger partial charge on any atom is -0.494 e. The molecule has 0 spiro atoms. The Bertz CT molecular complexity index is 1390. The highest BCUT2D eigenvalue weighted by Gasteiger charge is 2.26. The molecule has 0 saturated carbocycles.